The van der Waals surface area contributed by atoms with Gasteiger partial charge in [-0.1, -0.05) is 6.07 Å². The summed E-state index contributed by atoms with van der Waals surface area (Å²) in [6.45, 7) is 2.48. The van der Waals surface area contributed by atoms with Gasteiger partial charge in [-0.05, 0) is 73.7 Å². The molecule has 3 aliphatic heterocycles. The fraction of sp³-hybridized carbons (Fsp3) is 0.400. The van der Waals surface area contributed by atoms with Crippen LogP contribution in [0.5, 0.6) is 0 Å². The van der Waals surface area contributed by atoms with Crippen LogP contribution in [0.1, 0.15) is 64.5 Å². The third kappa shape index (κ3) is 4.17. The number of halogens is 1. The van der Waals surface area contributed by atoms with Crippen LogP contribution >= 0.6 is 0 Å². The molecule has 0 saturated carbocycles. The van der Waals surface area contributed by atoms with Gasteiger partial charge in [0.1, 0.15) is 23.6 Å². The van der Waals surface area contributed by atoms with Gasteiger partial charge in [0.15, 0.2) is 0 Å². The van der Waals surface area contributed by atoms with Crippen molar-refractivity contribution in [3.63, 3.8) is 0 Å². The van der Waals surface area contributed by atoms with Gasteiger partial charge in [-0.2, -0.15) is 5.26 Å². The van der Waals surface area contributed by atoms with Gasteiger partial charge in [0.05, 0.1) is 5.69 Å². The number of carbonyl (C=O) groups is 3. The number of carbonyl (C=O) groups excluding carboxylic acids is 3. The highest BCUT2D eigenvalue weighted by atomic mass is 19.1. The summed E-state index contributed by atoms with van der Waals surface area (Å²) < 4.78 is 14.5. The van der Waals surface area contributed by atoms with E-state index in [-0.39, 0.29) is 37.1 Å². The molecule has 34 heavy (non-hydrogen) atoms. The Bertz CT molecular complexity index is 1220. The maximum absolute atomic E-state index is 14.5. The standard InChI is InChI=1S/C25H24FN5O3/c26-16-10-19(15-6-8-30(9-7-15)13-18-3-1-2-17(12-27)28-18)21-14-31(25(34)20(21)11-16)22-4-5-23(32)29-24(22)33/h1-3,10-11,15,22H,4-9,13-14H2,(H,29,32,33). The summed E-state index contributed by atoms with van der Waals surface area (Å²) in [7, 11) is 0. The van der Waals surface area contributed by atoms with Gasteiger partial charge in [-0.15, -0.1) is 0 Å². The molecule has 8 nitrogen and oxygen atoms in total. The van der Waals surface area contributed by atoms with Gasteiger partial charge < -0.3 is 4.90 Å². The molecule has 1 aromatic heterocycles. The Labute approximate surface area is 196 Å². The predicted octanol–water partition coefficient (Wildman–Crippen LogP) is 2.23. The van der Waals surface area contributed by atoms with Crippen molar-refractivity contribution in [3.05, 3.63) is 64.2 Å². The number of amides is 3. The maximum atomic E-state index is 14.5. The van der Waals surface area contributed by atoms with Gasteiger partial charge in [-0.3, -0.25) is 24.6 Å². The Hall–Kier alpha value is -3.64. The zero-order valence-electron chi connectivity index (χ0n) is 18.6. The van der Waals surface area contributed by atoms with Crippen molar-refractivity contribution in [1.29, 1.82) is 5.26 Å². The lowest BCUT2D eigenvalue weighted by molar-refractivity contribution is -0.136. The number of nitriles is 1. The Kier molecular flexibility index (Phi) is 5.84. The minimum absolute atomic E-state index is 0.105. The Morgan fingerprint density at radius 1 is 1.15 bits per heavy atom. The highest BCUT2D eigenvalue weighted by molar-refractivity contribution is 6.05. The minimum atomic E-state index is -0.716. The first kappa shape index (κ1) is 22.2. The van der Waals surface area contributed by atoms with Crippen LogP contribution < -0.4 is 5.32 Å². The number of hydrogen-bond donors (Lipinski definition) is 1. The Morgan fingerprint density at radius 3 is 2.68 bits per heavy atom. The van der Waals surface area contributed by atoms with Gasteiger partial charge in [0.2, 0.25) is 11.8 Å². The van der Waals surface area contributed by atoms with Crippen LogP contribution in [0.3, 0.4) is 0 Å². The molecule has 0 bridgehead atoms. The number of nitrogens with zero attached hydrogens (tertiary/aromatic N) is 4. The molecule has 1 aromatic carbocycles. The molecule has 3 aliphatic rings. The van der Waals surface area contributed by atoms with Gasteiger partial charge >= 0.3 is 0 Å². The van der Waals surface area contributed by atoms with Crippen molar-refractivity contribution in [2.75, 3.05) is 13.1 Å². The largest absolute Gasteiger partial charge is 0.322 e. The van der Waals surface area contributed by atoms with Crippen LogP contribution in [0.2, 0.25) is 0 Å². The molecule has 0 radical (unpaired) electrons. The zero-order chi connectivity index (χ0) is 23.8. The van der Waals surface area contributed by atoms with Crippen LogP contribution in [0, 0.1) is 17.1 Å². The molecular formula is C25H24FN5O3. The second-order valence-corrected chi connectivity index (χ2v) is 9.10. The minimum Gasteiger partial charge on any atom is -0.322 e. The predicted molar refractivity (Wildman–Crippen MR) is 119 cm³/mol. The quantitative estimate of drug-likeness (QED) is 0.700. The van der Waals surface area contributed by atoms with E-state index >= 15 is 0 Å². The van der Waals surface area contributed by atoms with E-state index in [9.17, 15) is 18.8 Å². The van der Waals surface area contributed by atoms with E-state index in [2.05, 4.69) is 21.3 Å². The third-order valence-corrected chi connectivity index (χ3v) is 6.99. The fourth-order valence-electron chi connectivity index (χ4n) is 5.28. The number of aromatic nitrogens is 1. The second kappa shape index (κ2) is 8.95. The lowest BCUT2D eigenvalue weighted by Gasteiger charge is -2.33. The topological polar surface area (TPSA) is 106 Å². The molecule has 1 atom stereocenters. The first-order valence-electron chi connectivity index (χ1n) is 11.5. The van der Waals surface area contributed by atoms with Crippen molar-refractivity contribution < 1.29 is 18.8 Å². The monoisotopic (exact) mass is 461 g/mol. The number of pyridine rings is 1. The molecule has 5 rings (SSSR count). The van der Waals surface area contributed by atoms with E-state index in [4.69, 9.17) is 5.26 Å². The Balaban J connectivity index is 1.31. The molecular weight excluding hydrogens is 437 g/mol. The first-order valence-corrected chi connectivity index (χ1v) is 11.5. The van der Waals surface area contributed by atoms with E-state index in [1.165, 1.54) is 17.0 Å². The molecule has 0 spiro atoms. The van der Waals surface area contributed by atoms with E-state index in [0.717, 1.165) is 42.8 Å². The fourth-order valence-corrected chi connectivity index (χ4v) is 5.28. The van der Waals surface area contributed by atoms with Crippen LogP contribution in [-0.4, -0.2) is 51.6 Å². The smallest absolute Gasteiger partial charge is 0.255 e. The van der Waals surface area contributed by atoms with Crippen molar-refractivity contribution in [2.45, 2.75) is 50.7 Å². The molecule has 2 fully saturated rings. The van der Waals surface area contributed by atoms with E-state index in [0.29, 0.717) is 17.8 Å². The number of rotatable bonds is 4. The molecule has 4 heterocycles. The van der Waals surface area contributed by atoms with Gasteiger partial charge in [0.25, 0.3) is 5.91 Å². The highest BCUT2D eigenvalue weighted by Crippen LogP contribution is 2.37. The molecule has 1 N–H and O–H groups in total. The first-order chi connectivity index (χ1) is 16.4. The van der Waals surface area contributed by atoms with Crippen molar-refractivity contribution in [3.8, 4) is 6.07 Å². The summed E-state index contributed by atoms with van der Waals surface area (Å²) in [5.74, 6) is -1.51. The maximum Gasteiger partial charge on any atom is 0.255 e. The molecule has 2 saturated heterocycles. The van der Waals surface area contributed by atoms with Crippen LogP contribution in [0.25, 0.3) is 0 Å². The van der Waals surface area contributed by atoms with Crippen LogP contribution in [0.4, 0.5) is 4.39 Å². The summed E-state index contributed by atoms with van der Waals surface area (Å²) in [5.41, 5.74) is 3.18. The molecule has 3 amide bonds. The number of piperidine rings is 2. The SMILES string of the molecule is N#Cc1cccc(CN2CCC(c3cc(F)cc4c3CN(C3CCC(=O)NC3=O)C4=O)CC2)n1. The number of likely N-dealkylation sites (tertiary alicyclic amines) is 1. The number of imide groups is 1. The van der Waals surface area contributed by atoms with Crippen molar-refractivity contribution >= 4 is 17.7 Å². The lowest BCUT2D eigenvalue weighted by atomic mass is 9.85. The van der Waals surface area contributed by atoms with Gasteiger partial charge in [-0.25, -0.2) is 9.37 Å². The number of nitrogens with one attached hydrogen (secondary N) is 1. The van der Waals surface area contributed by atoms with Crippen LogP contribution in [-0.2, 0) is 22.7 Å². The summed E-state index contributed by atoms with van der Waals surface area (Å²) in [6, 6.07) is 9.54. The zero-order valence-corrected chi connectivity index (χ0v) is 18.6. The number of hydrogen-bond acceptors (Lipinski definition) is 6. The Morgan fingerprint density at radius 2 is 1.94 bits per heavy atom. The second-order valence-electron chi connectivity index (χ2n) is 9.10. The molecule has 174 valence electrons. The summed E-state index contributed by atoms with van der Waals surface area (Å²) in [4.78, 5) is 45.0. The molecule has 1 unspecified atom stereocenters. The normalized spacial score (nSPS) is 21.4. The number of benzene rings is 1. The lowest BCUT2D eigenvalue weighted by Crippen LogP contribution is -2.52. The van der Waals surface area contributed by atoms with E-state index in [1.54, 1.807) is 6.07 Å². The third-order valence-electron chi connectivity index (χ3n) is 6.99. The summed E-state index contributed by atoms with van der Waals surface area (Å²) in [5, 5.41) is 11.4. The van der Waals surface area contributed by atoms with Gasteiger partial charge in [0, 0.05) is 25.1 Å². The van der Waals surface area contributed by atoms with Crippen molar-refractivity contribution in [1.82, 2.24) is 20.1 Å². The van der Waals surface area contributed by atoms with Crippen LogP contribution in [0.15, 0.2) is 30.3 Å². The van der Waals surface area contributed by atoms with E-state index in [1.807, 2.05) is 12.1 Å². The summed E-state index contributed by atoms with van der Waals surface area (Å²) in [6.07, 6.45) is 2.07. The average Bonchev–Trinajstić information content (AvgIpc) is 3.15. The molecule has 0 aliphatic carbocycles. The number of fused-ring (bicyclic) bond motifs is 1. The molecule has 9 heteroatoms. The van der Waals surface area contributed by atoms with Crippen molar-refractivity contribution in [2.24, 2.45) is 0 Å². The molecule has 2 aromatic rings. The average molecular weight is 461 g/mol. The highest BCUT2D eigenvalue weighted by Gasteiger charge is 2.41. The summed E-state index contributed by atoms with van der Waals surface area (Å²) >= 11 is 0. The van der Waals surface area contributed by atoms with E-state index < -0.39 is 17.8 Å².